The van der Waals surface area contributed by atoms with Crippen LogP contribution in [0.25, 0.3) is 0 Å². The molecule has 0 fully saturated rings. The number of thiocarbonyl (C=S) groups is 1. The van der Waals surface area contributed by atoms with Gasteiger partial charge >= 0.3 is 0 Å². The van der Waals surface area contributed by atoms with Crippen molar-refractivity contribution in [2.24, 2.45) is 4.99 Å². The van der Waals surface area contributed by atoms with E-state index in [0.717, 1.165) is 0 Å². The second-order valence-electron chi connectivity index (χ2n) is 5.16. The highest BCUT2D eigenvalue weighted by molar-refractivity contribution is 7.78. The third kappa shape index (κ3) is 2.50. The average Bonchev–Trinajstić information content (AvgIpc) is 2.29. The molecule has 1 aliphatic rings. The van der Waals surface area contributed by atoms with Gasteiger partial charge in [-0.2, -0.15) is 4.99 Å². The number of fused-ring (bicyclic) bond motifs is 1. The molecule has 6 heteroatoms. The van der Waals surface area contributed by atoms with Crippen LogP contribution in [0, 0.1) is 5.82 Å². The Balaban J connectivity index is 2.64. The maximum absolute atomic E-state index is 13.7. The van der Waals surface area contributed by atoms with Crippen molar-refractivity contribution in [1.82, 2.24) is 0 Å². The van der Waals surface area contributed by atoms with Crippen LogP contribution in [0.1, 0.15) is 20.8 Å². The van der Waals surface area contributed by atoms with Crippen molar-refractivity contribution >= 4 is 34.7 Å². The fraction of sp³-hybridized carbons (Fsp3) is 0.385. The number of isothiocyanates is 1. The van der Waals surface area contributed by atoms with E-state index in [-0.39, 0.29) is 18.2 Å². The lowest BCUT2D eigenvalue weighted by Gasteiger charge is -2.39. The first-order valence-electron chi connectivity index (χ1n) is 5.72. The number of hydrogen-bond acceptors (Lipinski definition) is 4. The summed E-state index contributed by atoms with van der Waals surface area (Å²) in [4.78, 5) is 17.2. The molecule has 0 saturated carbocycles. The number of rotatable bonds is 1. The zero-order valence-electron chi connectivity index (χ0n) is 10.9. The van der Waals surface area contributed by atoms with Gasteiger partial charge in [0, 0.05) is 11.6 Å². The molecule has 1 aromatic rings. The number of hydrogen-bond donors (Lipinski definition) is 0. The van der Waals surface area contributed by atoms with Gasteiger partial charge in [0.15, 0.2) is 12.4 Å². The van der Waals surface area contributed by atoms with E-state index in [1.807, 2.05) is 20.8 Å². The molecule has 0 atom stereocenters. The Bertz CT molecular complexity index is 589. The van der Waals surface area contributed by atoms with Crippen LogP contribution in [0.2, 0.25) is 0 Å². The van der Waals surface area contributed by atoms with E-state index < -0.39 is 11.4 Å². The van der Waals surface area contributed by atoms with Crippen molar-refractivity contribution in [3.05, 3.63) is 17.9 Å². The summed E-state index contributed by atoms with van der Waals surface area (Å²) in [6.45, 7) is 5.59. The molecule has 100 valence electrons. The highest BCUT2D eigenvalue weighted by Crippen LogP contribution is 2.40. The van der Waals surface area contributed by atoms with Crippen LogP contribution in [0.15, 0.2) is 17.1 Å². The van der Waals surface area contributed by atoms with E-state index in [1.54, 1.807) is 4.90 Å². The van der Waals surface area contributed by atoms with Crippen LogP contribution in [0.5, 0.6) is 5.75 Å². The fourth-order valence-electron chi connectivity index (χ4n) is 2.03. The highest BCUT2D eigenvalue weighted by Gasteiger charge is 2.34. The van der Waals surface area contributed by atoms with Gasteiger partial charge in [0.1, 0.15) is 11.4 Å². The maximum atomic E-state index is 13.7. The van der Waals surface area contributed by atoms with Crippen molar-refractivity contribution in [3.8, 4) is 5.75 Å². The summed E-state index contributed by atoms with van der Waals surface area (Å²) in [6.07, 6.45) is 0. The summed E-state index contributed by atoms with van der Waals surface area (Å²) in [6, 6.07) is 2.66. The normalized spacial score (nSPS) is 14.5. The Morgan fingerprint density at radius 3 is 2.74 bits per heavy atom. The van der Waals surface area contributed by atoms with Crippen molar-refractivity contribution in [3.63, 3.8) is 0 Å². The van der Waals surface area contributed by atoms with Crippen molar-refractivity contribution in [2.75, 3.05) is 11.5 Å². The van der Waals surface area contributed by atoms with Crippen LogP contribution in [-0.2, 0) is 4.79 Å². The molecule has 4 nitrogen and oxygen atoms in total. The molecule has 0 aliphatic carbocycles. The van der Waals surface area contributed by atoms with Crippen molar-refractivity contribution < 1.29 is 13.9 Å². The van der Waals surface area contributed by atoms with E-state index in [9.17, 15) is 9.18 Å². The minimum absolute atomic E-state index is 0.0429. The van der Waals surface area contributed by atoms with Gasteiger partial charge in [-0.15, -0.1) is 0 Å². The highest BCUT2D eigenvalue weighted by atomic mass is 32.1. The van der Waals surface area contributed by atoms with E-state index in [0.29, 0.717) is 11.4 Å². The third-order valence-corrected chi connectivity index (χ3v) is 2.80. The number of amides is 1. The number of nitrogens with zero attached hydrogens (tertiary/aromatic N) is 2. The molecule has 2 rings (SSSR count). The lowest BCUT2D eigenvalue weighted by Crippen LogP contribution is -2.50. The minimum Gasteiger partial charge on any atom is -0.481 e. The monoisotopic (exact) mass is 280 g/mol. The molecule has 19 heavy (non-hydrogen) atoms. The summed E-state index contributed by atoms with van der Waals surface area (Å²) >= 11 is 4.48. The molecule has 0 bridgehead atoms. The third-order valence-electron chi connectivity index (χ3n) is 2.71. The number of benzene rings is 1. The predicted molar refractivity (Wildman–Crippen MR) is 73.8 cm³/mol. The maximum Gasteiger partial charge on any atom is 0.265 e. The van der Waals surface area contributed by atoms with Crippen LogP contribution >= 0.6 is 12.2 Å². The van der Waals surface area contributed by atoms with Crippen molar-refractivity contribution in [2.45, 2.75) is 26.3 Å². The Morgan fingerprint density at radius 1 is 1.47 bits per heavy atom. The first-order chi connectivity index (χ1) is 8.84. The van der Waals surface area contributed by atoms with Crippen LogP contribution < -0.4 is 9.64 Å². The van der Waals surface area contributed by atoms with Gasteiger partial charge in [-0.05, 0) is 39.1 Å². The molecule has 0 radical (unpaired) electrons. The number of aliphatic imine (C=N–C) groups is 1. The Kier molecular flexibility index (Phi) is 3.39. The molecule has 0 saturated heterocycles. The first-order valence-corrected chi connectivity index (χ1v) is 6.12. The average molecular weight is 280 g/mol. The molecular formula is C13H13FN2O2S. The quantitative estimate of drug-likeness (QED) is 0.586. The lowest BCUT2D eigenvalue weighted by molar-refractivity contribution is -0.122. The van der Waals surface area contributed by atoms with Gasteiger partial charge < -0.3 is 9.64 Å². The number of ether oxygens (including phenoxy) is 1. The van der Waals surface area contributed by atoms with Gasteiger partial charge in [0.05, 0.1) is 10.8 Å². The molecular weight excluding hydrogens is 267 g/mol. The summed E-state index contributed by atoms with van der Waals surface area (Å²) in [7, 11) is 0. The van der Waals surface area contributed by atoms with Crippen LogP contribution in [-0.4, -0.2) is 23.2 Å². The molecule has 0 spiro atoms. The van der Waals surface area contributed by atoms with Gasteiger partial charge in [-0.25, -0.2) is 4.39 Å². The zero-order chi connectivity index (χ0) is 14.2. The van der Waals surface area contributed by atoms with E-state index in [2.05, 4.69) is 22.4 Å². The summed E-state index contributed by atoms with van der Waals surface area (Å²) in [5.74, 6) is -0.404. The molecule has 0 unspecified atom stereocenters. The summed E-state index contributed by atoms with van der Waals surface area (Å²) < 4.78 is 19.0. The number of halogens is 1. The summed E-state index contributed by atoms with van der Waals surface area (Å²) in [5, 5.41) is 2.12. The largest absolute Gasteiger partial charge is 0.481 e. The van der Waals surface area contributed by atoms with E-state index >= 15 is 0 Å². The van der Waals surface area contributed by atoms with E-state index in [4.69, 9.17) is 4.74 Å². The fourth-order valence-corrected chi connectivity index (χ4v) is 2.13. The number of carbonyl (C=O) groups is 1. The second-order valence-corrected chi connectivity index (χ2v) is 5.35. The molecule has 1 aliphatic heterocycles. The molecule has 1 aromatic carbocycles. The predicted octanol–water partition coefficient (Wildman–Crippen LogP) is 3.08. The number of carbonyl (C=O) groups excluding carboxylic acids is 1. The number of anilines is 1. The van der Waals surface area contributed by atoms with Crippen LogP contribution in [0.4, 0.5) is 15.8 Å². The Labute approximate surface area is 115 Å². The van der Waals surface area contributed by atoms with Crippen LogP contribution in [0.3, 0.4) is 0 Å². The van der Waals surface area contributed by atoms with Gasteiger partial charge in [0.2, 0.25) is 0 Å². The smallest absolute Gasteiger partial charge is 0.265 e. The Morgan fingerprint density at radius 2 is 2.16 bits per heavy atom. The topological polar surface area (TPSA) is 41.9 Å². The van der Waals surface area contributed by atoms with Gasteiger partial charge in [-0.1, -0.05) is 0 Å². The van der Waals surface area contributed by atoms with Gasteiger partial charge in [0.25, 0.3) is 5.91 Å². The van der Waals surface area contributed by atoms with E-state index in [1.165, 1.54) is 12.1 Å². The minimum atomic E-state index is -0.556. The molecule has 0 aromatic heterocycles. The second kappa shape index (κ2) is 4.72. The van der Waals surface area contributed by atoms with Gasteiger partial charge in [-0.3, -0.25) is 4.79 Å². The molecule has 0 N–H and O–H groups in total. The molecule has 1 heterocycles. The molecule has 1 amide bonds. The van der Waals surface area contributed by atoms with Crippen molar-refractivity contribution in [1.29, 1.82) is 0 Å². The lowest BCUT2D eigenvalue weighted by atomic mass is 10.0. The SMILES string of the molecule is CC(C)(C)N1C(=O)COc2cc(F)c(N=C=S)cc21. The zero-order valence-corrected chi connectivity index (χ0v) is 11.7. The Hall–Kier alpha value is -1.78. The standard InChI is InChI=1S/C13H13FN2O2S/c1-13(2,3)16-10-5-9(15-7-19)8(14)4-11(10)18-6-12(16)17/h4-5H,6H2,1-3H3. The first kappa shape index (κ1) is 13.6. The summed E-state index contributed by atoms with van der Waals surface area (Å²) in [5.41, 5.74) is 0.0991.